The lowest BCUT2D eigenvalue weighted by Gasteiger charge is -2.12. The fourth-order valence-corrected chi connectivity index (χ4v) is 1.28. The highest BCUT2D eigenvalue weighted by atomic mass is 19.2. The van der Waals surface area contributed by atoms with Crippen LogP contribution in [0, 0.1) is 11.6 Å². The second kappa shape index (κ2) is 6.09. The van der Waals surface area contributed by atoms with Gasteiger partial charge >= 0.3 is 5.97 Å². The van der Waals surface area contributed by atoms with Crippen molar-refractivity contribution < 1.29 is 23.1 Å². The van der Waals surface area contributed by atoms with Gasteiger partial charge in [-0.15, -0.1) is 0 Å². The van der Waals surface area contributed by atoms with E-state index in [0.29, 0.717) is 0 Å². The first-order valence-corrected chi connectivity index (χ1v) is 5.38. The largest absolute Gasteiger partial charge is 0.464 e. The molecule has 0 radical (unpaired) electrons. The highest BCUT2D eigenvalue weighted by Crippen LogP contribution is 2.11. The average Bonchev–Trinajstić information content (AvgIpc) is 2.32. The molecule has 0 aliphatic carbocycles. The first-order chi connectivity index (χ1) is 8.47. The minimum absolute atomic E-state index is 0.174. The minimum atomic E-state index is -1.24. The molecule has 0 aliphatic rings. The number of hydrogen-bond donors (Lipinski definition) is 1. The van der Waals surface area contributed by atoms with E-state index in [1.165, 1.54) is 13.0 Å². The standard InChI is InChI=1S/C12H13F2NO3/c1-3-18-12(17)7(2)15-11(16)8-5-4-6-9(13)10(8)14/h4-7H,3H2,1-2H3,(H,15,16). The Bertz CT molecular complexity index is 463. The molecule has 0 fully saturated rings. The van der Waals surface area contributed by atoms with E-state index in [-0.39, 0.29) is 6.61 Å². The molecule has 0 aromatic heterocycles. The summed E-state index contributed by atoms with van der Waals surface area (Å²) in [4.78, 5) is 22.9. The van der Waals surface area contributed by atoms with Crippen molar-refractivity contribution >= 4 is 11.9 Å². The van der Waals surface area contributed by atoms with Crippen molar-refractivity contribution in [2.24, 2.45) is 0 Å². The molecule has 1 unspecified atom stereocenters. The average molecular weight is 257 g/mol. The van der Waals surface area contributed by atoms with Crippen molar-refractivity contribution in [3.63, 3.8) is 0 Å². The van der Waals surface area contributed by atoms with Crippen LogP contribution in [0.1, 0.15) is 24.2 Å². The molecule has 1 amide bonds. The van der Waals surface area contributed by atoms with Crippen molar-refractivity contribution in [3.8, 4) is 0 Å². The van der Waals surface area contributed by atoms with Crippen molar-refractivity contribution in [1.29, 1.82) is 0 Å². The molecular weight excluding hydrogens is 244 g/mol. The molecule has 1 N–H and O–H groups in total. The van der Waals surface area contributed by atoms with Gasteiger partial charge in [0.2, 0.25) is 0 Å². The van der Waals surface area contributed by atoms with Gasteiger partial charge in [-0.25, -0.2) is 13.6 Å². The maximum absolute atomic E-state index is 13.3. The summed E-state index contributed by atoms with van der Waals surface area (Å²) in [6.45, 7) is 3.19. The molecule has 0 spiro atoms. The quantitative estimate of drug-likeness (QED) is 0.834. The normalized spacial score (nSPS) is 11.8. The van der Waals surface area contributed by atoms with Crippen LogP contribution in [-0.4, -0.2) is 24.5 Å². The minimum Gasteiger partial charge on any atom is -0.464 e. The Balaban J connectivity index is 2.77. The van der Waals surface area contributed by atoms with Crippen molar-refractivity contribution in [1.82, 2.24) is 5.32 Å². The Labute approximate surface area is 103 Å². The van der Waals surface area contributed by atoms with E-state index < -0.39 is 35.1 Å². The number of amides is 1. The van der Waals surface area contributed by atoms with Crippen LogP contribution < -0.4 is 5.32 Å². The second-order valence-corrected chi connectivity index (χ2v) is 3.55. The van der Waals surface area contributed by atoms with Crippen molar-refractivity contribution in [2.75, 3.05) is 6.61 Å². The first kappa shape index (κ1) is 14.1. The molecular formula is C12H13F2NO3. The smallest absolute Gasteiger partial charge is 0.328 e. The van der Waals surface area contributed by atoms with Crippen LogP contribution in [0.25, 0.3) is 0 Å². The van der Waals surface area contributed by atoms with Gasteiger partial charge in [-0.3, -0.25) is 4.79 Å². The number of benzene rings is 1. The van der Waals surface area contributed by atoms with E-state index in [1.54, 1.807) is 6.92 Å². The third-order valence-corrected chi connectivity index (χ3v) is 2.18. The van der Waals surface area contributed by atoms with E-state index in [4.69, 9.17) is 0 Å². The zero-order valence-corrected chi connectivity index (χ0v) is 10.00. The molecule has 0 aliphatic heterocycles. The molecule has 18 heavy (non-hydrogen) atoms. The van der Waals surface area contributed by atoms with Gasteiger partial charge in [-0.1, -0.05) is 6.07 Å². The van der Waals surface area contributed by atoms with Crippen LogP contribution in [0.2, 0.25) is 0 Å². The Morgan fingerprint density at radius 3 is 2.67 bits per heavy atom. The molecule has 4 nitrogen and oxygen atoms in total. The van der Waals surface area contributed by atoms with Gasteiger partial charge in [0.15, 0.2) is 11.6 Å². The lowest BCUT2D eigenvalue weighted by atomic mass is 10.2. The van der Waals surface area contributed by atoms with E-state index in [0.717, 1.165) is 12.1 Å². The summed E-state index contributed by atoms with van der Waals surface area (Å²) >= 11 is 0. The van der Waals surface area contributed by atoms with Crippen LogP contribution in [0.3, 0.4) is 0 Å². The number of halogens is 2. The lowest BCUT2D eigenvalue weighted by Crippen LogP contribution is -2.39. The summed E-state index contributed by atoms with van der Waals surface area (Å²) < 4.78 is 30.9. The number of rotatable bonds is 4. The highest BCUT2D eigenvalue weighted by Gasteiger charge is 2.20. The van der Waals surface area contributed by atoms with E-state index in [9.17, 15) is 18.4 Å². The Kier molecular flexibility index (Phi) is 4.76. The van der Waals surface area contributed by atoms with Gasteiger partial charge in [0.25, 0.3) is 5.91 Å². The van der Waals surface area contributed by atoms with Crippen molar-refractivity contribution in [3.05, 3.63) is 35.4 Å². The SMILES string of the molecule is CCOC(=O)C(C)NC(=O)c1cccc(F)c1F. The van der Waals surface area contributed by atoms with Gasteiger partial charge in [-0.2, -0.15) is 0 Å². The molecule has 1 aromatic carbocycles. The molecule has 0 saturated carbocycles. The number of nitrogens with one attached hydrogen (secondary N) is 1. The maximum Gasteiger partial charge on any atom is 0.328 e. The fraction of sp³-hybridized carbons (Fsp3) is 0.333. The Morgan fingerprint density at radius 2 is 2.06 bits per heavy atom. The molecule has 1 aromatic rings. The summed E-state index contributed by atoms with van der Waals surface area (Å²) in [5.74, 6) is -3.87. The highest BCUT2D eigenvalue weighted by molar-refractivity contribution is 5.96. The summed E-state index contributed by atoms with van der Waals surface area (Å²) in [5, 5.41) is 2.23. The van der Waals surface area contributed by atoms with Crippen molar-refractivity contribution in [2.45, 2.75) is 19.9 Å². The van der Waals surface area contributed by atoms with E-state index in [1.807, 2.05) is 0 Å². The summed E-state index contributed by atoms with van der Waals surface area (Å²) in [6, 6.07) is 2.31. The molecule has 1 atom stereocenters. The van der Waals surface area contributed by atoms with Crippen LogP contribution in [0.4, 0.5) is 8.78 Å². The van der Waals surface area contributed by atoms with Crippen LogP contribution in [-0.2, 0) is 9.53 Å². The predicted molar refractivity (Wildman–Crippen MR) is 59.9 cm³/mol. The second-order valence-electron chi connectivity index (χ2n) is 3.55. The lowest BCUT2D eigenvalue weighted by molar-refractivity contribution is -0.144. The summed E-state index contributed by atoms with van der Waals surface area (Å²) in [5.41, 5.74) is -0.453. The summed E-state index contributed by atoms with van der Waals surface area (Å²) in [7, 11) is 0. The summed E-state index contributed by atoms with van der Waals surface area (Å²) in [6.07, 6.45) is 0. The van der Waals surface area contributed by atoms with Gasteiger partial charge in [0, 0.05) is 0 Å². The number of carbonyl (C=O) groups excluding carboxylic acids is 2. The number of ether oxygens (including phenoxy) is 1. The zero-order chi connectivity index (χ0) is 13.7. The number of esters is 1. The van der Waals surface area contributed by atoms with Crippen LogP contribution >= 0.6 is 0 Å². The molecule has 6 heteroatoms. The predicted octanol–water partition coefficient (Wildman–Crippen LogP) is 1.65. The Morgan fingerprint density at radius 1 is 1.39 bits per heavy atom. The van der Waals surface area contributed by atoms with Gasteiger partial charge in [0.05, 0.1) is 12.2 Å². The fourth-order valence-electron chi connectivity index (χ4n) is 1.28. The monoisotopic (exact) mass is 257 g/mol. The molecule has 0 saturated heterocycles. The van der Waals surface area contributed by atoms with Crippen LogP contribution in [0.5, 0.6) is 0 Å². The van der Waals surface area contributed by atoms with Crippen LogP contribution in [0.15, 0.2) is 18.2 Å². The molecule has 0 bridgehead atoms. The maximum atomic E-state index is 13.3. The third-order valence-electron chi connectivity index (χ3n) is 2.18. The van der Waals surface area contributed by atoms with Gasteiger partial charge in [0.1, 0.15) is 6.04 Å². The molecule has 0 heterocycles. The molecule has 1 rings (SSSR count). The van der Waals surface area contributed by atoms with Gasteiger partial charge in [-0.05, 0) is 26.0 Å². The third kappa shape index (κ3) is 3.26. The Hall–Kier alpha value is -1.98. The first-order valence-electron chi connectivity index (χ1n) is 5.38. The molecule has 98 valence electrons. The zero-order valence-electron chi connectivity index (χ0n) is 10.00. The van der Waals surface area contributed by atoms with E-state index in [2.05, 4.69) is 10.1 Å². The number of hydrogen-bond acceptors (Lipinski definition) is 3. The number of carbonyl (C=O) groups is 2. The topological polar surface area (TPSA) is 55.4 Å². The van der Waals surface area contributed by atoms with Gasteiger partial charge < -0.3 is 10.1 Å². The van der Waals surface area contributed by atoms with E-state index >= 15 is 0 Å².